The maximum absolute atomic E-state index is 14.2. The van der Waals surface area contributed by atoms with Crippen molar-refractivity contribution in [2.75, 3.05) is 44.3 Å². The Bertz CT molecular complexity index is 1010. The Balaban J connectivity index is 1.40. The minimum Gasteiger partial charge on any atom is -0.451 e. The summed E-state index contributed by atoms with van der Waals surface area (Å²) in [4.78, 5) is 26.0. The number of hydrogen-bond acceptors (Lipinski definition) is 7. The molecule has 2 atom stereocenters. The average Bonchev–Trinajstić information content (AvgIpc) is 2.79. The fourth-order valence-electron chi connectivity index (χ4n) is 5.23. The van der Waals surface area contributed by atoms with Gasteiger partial charge >= 0.3 is 0 Å². The van der Waals surface area contributed by atoms with Crippen LogP contribution in [-0.4, -0.2) is 72.3 Å². The smallest absolute Gasteiger partial charge is 0.258 e. The minimum absolute atomic E-state index is 0.116. The van der Waals surface area contributed by atoms with Gasteiger partial charge in [-0.1, -0.05) is 0 Å². The van der Waals surface area contributed by atoms with E-state index in [-0.39, 0.29) is 23.6 Å². The van der Waals surface area contributed by atoms with Crippen molar-refractivity contribution in [3.63, 3.8) is 0 Å². The van der Waals surface area contributed by atoms with Gasteiger partial charge in [-0.3, -0.25) is 4.79 Å². The third-order valence-electron chi connectivity index (χ3n) is 6.97. The second-order valence-electron chi connectivity index (χ2n) is 9.51. The number of amides is 1. The van der Waals surface area contributed by atoms with Crippen LogP contribution >= 0.6 is 0 Å². The highest BCUT2D eigenvalue weighted by Gasteiger charge is 2.45. The number of hydrogen-bond donors (Lipinski definition) is 1. The quantitative estimate of drug-likeness (QED) is 0.759. The second kappa shape index (κ2) is 8.87. The van der Waals surface area contributed by atoms with E-state index in [0.29, 0.717) is 35.9 Å². The van der Waals surface area contributed by atoms with Crippen LogP contribution in [0.4, 0.5) is 10.2 Å². The predicted octanol–water partition coefficient (Wildman–Crippen LogP) is 2.85. The van der Waals surface area contributed by atoms with E-state index in [9.17, 15) is 9.18 Å². The molecule has 5 rings (SSSR count). The molecule has 3 aliphatic rings. The number of aromatic nitrogens is 2. The standard InChI is InChI=1S/C24H30FN5O3/c1-16-11-32-12-17(2)30(16)23(31)19-9-18(25)3-4-20(19)33-21-10-27-15-28-22(21)29-13-24(14-29)5-7-26-8-6-24/h3-4,9-10,15-17,26H,5-8,11-14H2,1-2H3/t16-,17+. The van der Waals surface area contributed by atoms with Crippen LogP contribution in [0.1, 0.15) is 37.0 Å². The monoisotopic (exact) mass is 455 g/mol. The fourth-order valence-corrected chi connectivity index (χ4v) is 5.23. The van der Waals surface area contributed by atoms with Crippen molar-refractivity contribution in [1.82, 2.24) is 20.2 Å². The lowest BCUT2D eigenvalue weighted by molar-refractivity contribution is -0.0250. The number of nitrogens with one attached hydrogen (secondary N) is 1. The maximum Gasteiger partial charge on any atom is 0.258 e. The molecule has 1 N–H and O–H groups in total. The van der Waals surface area contributed by atoms with Gasteiger partial charge in [-0.2, -0.15) is 0 Å². The molecule has 3 saturated heterocycles. The predicted molar refractivity (Wildman–Crippen MR) is 121 cm³/mol. The fraction of sp³-hybridized carbons (Fsp3) is 0.542. The molecule has 1 amide bonds. The Kier molecular flexibility index (Phi) is 5.92. The van der Waals surface area contributed by atoms with Gasteiger partial charge in [-0.05, 0) is 58.0 Å². The van der Waals surface area contributed by atoms with Gasteiger partial charge in [0, 0.05) is 18.5 Å². The van der Waals surface area contributed by atoms with Crippen molar-refractivity contribution < 1.29 is 18.7 Å². The van der Waals surface area contributed by atoms with Crippen LogP contribution in [0.5, 0.6) is 11.5 Å². The normalized spacial score (nSPS) is 24.5. The van der Waals surface area contributed by atoms with E-state index in [2.05, 4.69) is 20.2 Å². The highest BCUT2D eigenvalue weighted by atomic mass is 19.1. The molecule has 0 unspecified atom stereocenters. The summed E-state index contributed by atoms with van der Waals surface area (Å²) in [5.41, 5.74) is 0.511. The Morgan fingerprint density at radius 1 is 1.18 bits per heavy atom. The van der Waals surface area contributed by atoms with Crippen molar-refractivity contribution in [2.24, 2.45) is 5.41 Å². The van der Waals surface area contributed by atoms with E-state index in [1.165, 1.54) is 24.5 Å². The van der Waals surface area contributed by atoms with Crippen molar-refractivity contribution >= 4 is 11.7 Å². The summed E-state index contributed by atoms with van der Waals surface area (Å²) in [5, 5.41) is 3.42. The number of benzene rings is 1. The van der Waals surface area contributed by atoms with Gasteiger partial charge in [0.05, 0.1) is 37.1 Å². The van der Waals surface area contributed by atoms with Crippen molar-refractivity contribution in [3.8, 4) is 11.5 Å². The summed E-state index contributed by atoms with van der Waals surface area (Å²) < 4.78 is 25.9. The van der Waals surface area contributed by atoms with Gasteiger partial charge in [-0.15, -0.1) is 0 Å². The SMILES string of the molecule is C[C@@H]1COC[C@H](C)N1C(=O)c1cc(F)ccc1Oc1cncnc1N1CC2(CCNCC2)C1. The van der Waals surface area contributed by atoms with Gasteiger partial charge in [0.2, 0.25) is 0 Å². The molecular weight excluding hydrogens is 425 g/mol. The first kappa shape index (κ1) is 22.0. The number of anilines is 1. The zero-order chi connectivity index (χ0) is 23.0. The summed E-state index contributed by atoms with van der Waals surface area (Å²) in [6.07, 6.45) is 5.41. The van der Waals surface area contributed by atoms with Crippen LogP contribution in [-0.2, 0) is 4.74 Å². The number of carbonyl (C=O) groups excluding carboxylic acids is 1. The molecule has 9 heteroatoms. The molecule has 8 nitrogen and oxygen atoms in total. The Morgan fingerprint density at radius 2 is 1.91 bits per heavy atom. The first-order valence-corrected chi connectivity index (χ1v) is 11.6. The molecule has 3 fully saturated rings. The van der Waals surface area contributed by atoms with Crippen molar-refractivity contribution in [2.45, 2.75) is 38.8 Å². The van der Waals surface area contributed by atoms with E-state index in [0.717, 1.165) is 39.0 Å². The lowest BCUT2D eigenvalue weighted by Crippen LogP contribution is -2.60. The number of carbonyl (C=O) groups is 1. The number of halogens is 1. The number of ether oxygens (including phenoxy) is 2. The van der Waals surface area contributed by atoms with Gasteiger partial charge in [-0.25, -0.2) is 14.4 Å². The van der Waals surface area contributed by atoms with E-state index >= 15 is 0 Å². The lowest BCUT2D eigenvalue weighted by atomic mass is 9.72. The molecule has 1 aromatic carbocycles. The summed E-state index contributed by atoms with van der Waals surface area (Å²) in [6, 6.07) is 3.81. The van der Waals surface area contributed by atoms with Crippen LogP contribution in [0.15, 0.2) is 30.7 Å². The summed E-state index contributed by atoms with van der Waals surface area (Å²) in [5.74, 6) is 0.693. The maximum atomic E-state index is 14.2. The molecule has 0 saturated carbocycles. The van der Waals surface area contributed by atoms with Crippen LogP contribution in [0.2, 0.25) is 0 Å². The number of rotatable bonds is 4. The Hall–Kier alpha value is -2.78. The molecule has 33 heavy (non-hydrogen) atoms. The van der Waals surface area contributed by atoms with Crippen molar-refractivity contribution in [3.05, 3.63) is 42.1 Å². The van der Waals surface area contributed by atoms with Gasteiger partial charge in [0.1, 0.15) is 17.9 Å². The highest BCUT2D eigenvalue weighted by Crippen LogP contribution is 2.43. The summed E-state index contributed by atoms with van der Waals surface area (Å²) in [6.45, 7) is 8.67. The molecule has 0 aliphatic carbocycles. The second-order valence-corrected chi connectivity index (χ2v) is 9.51. The largest absolute Gasteiger partial charge is 0.451 e. The summed E-state index contributed by atoms with van der Waals surface area (Å²) >= 11 is 0. The molecule has 3 aliphatic heterocycles. The molecule has 1 aromatic heterocycles. The van der Waals surface area contributed by atoms with Crippen LogP contribution in [0, 0.1) is 11.2 Å². The summed E-state index contributed by atoms with van der Waals surface area (Å²) in [7, 11) is 0. The molecule has 0 radical (unpaired) electrons. The number of nitrogens with zero attached hydrogens (tertiary/aromatic N) is 4. The first-order valence-electron chi connectivity index (χ1n) is 11.6. The highest BCUT2D eigenvalue weighted by molar-refractivity contribution is 5.97. The van der Waals surface area contributed by atoms with E-state index in [4.69, 9.17) is 9.47 Å². The number of piperidine rings is 1. The molecule has 1 spiro atoms. The number of morpholine rings is 1. The molecule has 0 bridgehead atoms. The molecule has 2 aromatic rings. The van der Waals surface area contributed by atoms with E-state index in [1.54, 1.807) is 11.1 Å². The molecular formula is C24H30FN5O3. The zero-order valence-corrected chi connectivity index (χ0v) is 19.1. The van der Waals surface area contributed by atoms with E-state index in [1.807, 2.05) is 13.8 Å². The minimum atomic E-state index is -0.487. The van der Waals surface area contributed by atoms with Crippen LogP contribution < -0.4 is 15.0 Å². The third-order valence-corrected chi connectivity index (χ3v) is 6.97. The third kappa shape index (κ3) is 4.27. The molecule has 4 heterocycles. The van der Waals surface area contributed by atoms with Gasteiger partial charge in [0.25, 0.3) is 5.91 Å². The van der Waals surface area contributed by atoms with Crippen molar-refractivity contribution in [1.29, 1.82) is 0 Å². The van der Waals surface area contributed by atoms with E-state index < -0.39 is 5.82 Å². The van der Waals surface area contributed by atoms with Gasteiger partial charge in [0.15, 0.2) is 11.6 Å². The zero-order valence-electron chi connectivity index (χ0n) is 19.1. The van der Waals surface area contributed by atoms with Crippen LogP contribution in [0.3, 0.4) is 0 Å². The topological polar surface area (TPSA) is 79.8 Å². The van der Waals surface area contributed by atoms with Crippen LogP contribution in [0.25, 0.3) is 0 Å². The lowest BCUT2D eigenvalue weighted by Gasteiger charge is -2.53. The molecule has 176 valence electrons. The average molecular weight is 456 g/mol. The van der Waals surface area contributed by atoms with Gasteiger partial charge < -0.3 is 24.6 Å². The first-order chi connectivity index (χ1) is 16.0. The Labute approximate surface area is 193 Å². The Morgan fingerprint density at radius 3 is 2.64 bits per heavy atom.